The molecule has 1 heterocycles. The van der Waals surface area contributed by atoms with Gasteiger partial charge in [0.05, 0.1) is 0 Å². The zero-order chi connectivity index (χ0) is 4.62. The zero-order valence-electron chi connectivity index (χ0n) is 4.88. The summed E-state index contributed by atoms with van der Waals surface area (Å²) >= 11 is 0. The molecular formula is C2H8NO4+. The Balaban J connectivity index is 0. The van der Waals surface area contributed by atoms with Crippen molar-refractivity contribution in [3.05, 3.63) is 0 Å². The Labute approximate surface area is 41.8 Å². The molecule has 0 saturated carbocycles. The van der Waals surface area contributed by atoms with Crippen molar-refractivity contribution in [2.24, 2.45) is 0 Å². The van der Waals surface area contributed by atoms with Gasteiger partial charge in [-0.3, -0.25) is 0 Å². The van der Waals surface area contributed by atoms with Crippen molar-refractivity contribution >= 4 is 0 Å². The van der Waals surface area contributed by atoms with Gasteiger partial charge in [-0.25, -0.2) is 0 Å². The van der Waals surface area contributed by atoms with Gasteiger partial charge >= 0.3 is 7.59 Å². The van der Waals surface area contributed by atoms with Crippen LogP contribution < -0.4 is 6.15 Å². The molecule has 1 aliphatic rings. The summed E-state index contributed by atoms with van der Waals surface area (Å²) in [5.41, 5.74) is 0. The van der Waals surface area contributed by atoms with E-state index in [1.165, 1.54) is 7.11 Å². The lowest BCUT2D eigenvalue weighted by atomic mass is 11.2. The molecule has 0 radical (unpaired) electrons. The van der Waals surface area contributed by atoms with Gasteiger partial charge in [0.25, 0.3) is 0 Å². The molecular weight excluding hydrogens is 102 g/mol. The highest BCUT2D eigenvalue weighted by Gasteiger charge is 2.48. The summed E-state index contributed by atoms with van der Waals surface area (Å²) in [4.78, 5) is 7.76. The lowest BCUT2D eigenvalue weighted by molar-refractivity contribution is -0.192. The third kappa shape index (κ3) is 1.38. The fourth-order valence-electron chi connectivity index (χ4n) is 0.104. The second kappa shape index (κ2) is 1.73. The molecule has 1 fully saturated rings. The summed E-state index contributed by atoms with van der Waals surface area (Å²) in [5.74, 6) is 0. The topological polar surface area (TPSA) is 89.5 Å². The van der Waals surface area contributed by atoms with Gasteiger partial charge < -0.3 is 16.0 Å². The van der Waals surface area contributed by atoms with Crippen LogP contribution in [0.15, 0.2) is 0 Å². The second-order valence-electron chi connectivity index (χ2n) is 0.895. The first kappa shape index (κ1) is 6.80. The largest absolute Gasteiger partial charge is 1.00 e. The van der Waals surface area contributed by atoms with Gasteiger partial charge in [0.2, 0.25) is 0 Å². The molecule has 7 heavy (non-hydrogen) atoms. The average molecular weight is 110 g/mol. The summed E-state index contributed by atoms with van der Waals surface area (Å²) in [6.45, 7) is 0. The van der Waals surface area contributed by atoms with Gasteiger partial charge in [-0.2, -0.15) is 0 Å². The third-order valence-corrected chi connectivity index (χ3v) is 0.484. The van der Waals surface area contributed by atoms with Gasteiger partial charge in [0, 0.05) is 7.11 Å². The van der Waals surface area contributed by atoms with E-state index in [2.05, 4.69) is 14.5 Å². The van der Waals surface area contributed by atoms with Crippen molar-refractivity contribution < 1.29 is 21.0 Å². The summed E-state index contributed by atoms with van der Waals surface area (Å²) < 4.78 is 4.16. The molecule has 0 bridgehead atoms. The van der Waals surface area contributed by atoms with Crippen LogP contribution in [0, 0.1) is 0 Å². The minimum atomic E-state index is -1.71. The lowest BCUT2D eigenvalue weighted by Crippen LogP contribution is -2.09. The van der Waals surface area contributed by atoms with E-state index >= 15 is 0 Å². The maximum atomic E-state index is 8.27. The predicted octanol–water partition coefficient (Wildman–Crippen LogP) is -0.527. The molecule has 0 aliphatic carbocycles. The van der Waals surface area contributed by atoms with Gasteiger partial charge in [0.1, 0.15) is 0 Å². The number of methoxy groups -OCH3 is 1. The summed E-state index contributed by atoms with van der Waals surface area (Å²) in [6, 6.07) is 0. The quantitative estimate of drug-likeness (QED) is 0.269. The molecule has 0 spiro atoms. The highest BCUT2D eigenvalue weighted by molar-refractivity contribution is 4.31. The SMILES string of the molecule is COC1(O)OO1.N.[H+]. The Morgan fingerprint density at radius 2 is 2.14 bits per heavy atom. The smallest absolute Gasteiger partial charge is 0.344 e. The summed E-state index contributed by atoms with van der Waals surface area (Å²) in [6.07, 6.45) is -1.71. The third-order valence-electron chi connectivity index (χ3n) is 0.484. The molecule has 0 atom stereocenters. The van der Waals surface area contributed by atoms with Crippen LogP contribution in [-0.2, 0) is 14.5 Å². The highest BCUT2D eigenvalue weighted by Crippen LogP contribution is 2.24. The maximum absolute atomic E-state index is 8.27. The fourth-order valence-corrected chi connectivity index (χ4v) is 0.104. The number of aliphatic hydroxyl groups is 1. The average Bonchev–Trinajstić information content (AvgIpc) is 2.22. The van der Waals surface area contributed by atoms with Crippen LogP contribution in [-0.4, -0.2) is 18.4 Å². The molecule has 0 unspecified atom stereocenters. The van der Waals surface area contributed by atoms with Crippen LogP contribution in [0.25, 0.3) is 0 Å². The van der Waals surface area contributed by atoms with E-state index in [0.29, 0.717) is 0 Å². The Hall–Kier alpha value is -0.200. The van der Waals surface area contributed by atoms with Crippen molar-refractivity contribution in [2.75, 3.05) is 7.11 Å². The van der Waals surface area contributed by atoms with Crippen molar-refractivity contribution in [1.82, 2.24) is 6.15 Å². The van der Waals surface area contributed by atoms with Crippen LogP contribution in [0.4, 0.5) is 0 Å². The number of hydrogen-bond donors (Lipinski definition) is 2. The van der Waals surface area contributed by atoms with Crippen LogP contribution >= 0.6 is 0 Å². The standard InChI is InChI=1S/C2H4O4.H3N/c1-4-2(3)5-6-2;/h3H,1H3;1H3/p+1. The monoisotopic (exact) mass is 110 g/mol. The van der Waals surface area contributed by atoms with Gasteiger partial charge in [-0.15, -0.1) is 9.78 Å². The van der Waals surface area contributed by atoms with Crippen LogP contribution in [0.3, 0.4) is 0 Å². The fraction of sp³-hybridized carbons (Fsp3) is 1.00. The van der Waals surface area contributed by atoms with Gasteiger partial charge in [-0.1, -0.05) is 0 Å². The van der Waals surface area contributed by atoms with E-state index in [1.807, 2.05) is 0 Å². The highest BCUT2D eigenvalue weighted by atomic mass is 17.5. The predicted molar refractivity (Wildman–Crippen MR) is 20.3 cm³/mol. The van der Waals surface area contributed by atoms with E-state index in [0.717, 1.165) is 0 Å². The van der Waals surface area contributed by atoms with Crippen molar-refractivity contribution in [3.8, 4) is 0 Å². The first-order chi connectivity index (χ1) is 2.77. The van der Waals surface area contributed by atoms with Crippen LogP contribution in [0.2, 0.25) is 0 Å². The number of hydrogen-bond acceptors (Lipinski definition) is 5. The molecule has 1 saturated heterocycles. The Kier molecular flexibility index (Phi) is 1.68. The Bertz CT molecular complexity index is 65.1. The summed E-state index contributed by atoms with van der Waals surface area (Å²) in [7, 11) is 1.27. The van der Waals surface area contributed by atoms with E-state index in [4.69, 9.17) is 5.11 Å². The molecule has 0 aromatic heterocycles. The van der Waals surface area contributed by atoms with Crippen molar-refractivity contribution in [2.45, 2.75) is 6.16 Å². The molecule has 1 rings (SSSR count). The zero-order valence-corrected chi connectivity index (χ0v) is 3.88. The lowest BCUT2D eigenvalue weighted by Gasteiger charge is -1.87. The molecule has 0 aromatic carbocycles. The minimum absolute atomic E-state index is 0. The first-order valence-corrected chi connectivity index (χ1v) is 1.41. The van der Waals surface area contributed by atoms with E-state index < -0.39 is 6.16 Å². The Morgan fingerprint density at radius 1 is 1.71 bits per heavy atom. The number of rotatable bonds is 1. The Morgan fingerprint density at radius 3 is 2.14 bits per heavy atom. The molecule has 0 aromatic rings. The second-order valence-corrected chi connectivity index (χ2v) is 0.895. The molecule has 1 aliphatic heterocycles. The molecule has 44 valence electrons. The minimum Gasteiger partial charge on any atom is -0.344 e. The summed E-state index contributed by atoms with van der Waals surface area (Å²) in [5, 5.41) is 8.27. The van der Waals surface area contributed by atoms with Gasteiger partial charge in [0.15, 0.2) is 0 Å². The molecule has 4 N–H and O–H groups in total. The van der Waals surface area contributed by atoms with E-state index in [1.54, 1.807) is 0 Å². The normalized spacial score (nSPS) is 23.1. The maximum Gasteiger partial charge on any atom is 1.00 e. The molecule has 5 nitrogen and oxygen atoms in total. The van der Waals surface area contributed by atoms with E-state index in [-0.39, 0.29) is 7.58 Å². The van der Waals surface area contributed by atoms with Crippen LogP contribution in [0.1, 0.15) is 1.43 Å². The first-order valence-electron chi connectivity index (χ1n) is 1.41. The molecule has 0 amide bonds. The molecule has 5 heteroatoms. The van der Waals surface area contributed by atoms with Crippen molar-refractivity contribution in [3.63, 3.8) is 0 Å². The van der Waals surface area contributed by atoms with Crippen LogP contribution in [0.5, 0.6) is 0 Å². The van der Waals surface area contributed by atoms with E-state index in [9.17, 15) is 0 Å². The van der Waals surface area contributed by atoms with Gasteiger partial charge in [-0.05, 0) is 0 Å². The number of ether oxygens (including phenoxy) is 1. The van der Waals surface area contributed by atoms with Crippen molar-refractivity contribution in [1.29, 1.82) is 0 Å².